The molecule has 1 aliphatic rings. The van der Waals surface area contributed by atoms with Crippen LogP contribution in [0.3, 0.4) is 0 Å². The quantitative estimate of drug-likeness (QED) is 0.702. The maximum Gasteiger partial charge on any atom is 0.352 e. The Morgan fingerprint density at radius 2 is 2.15 bits per heavy atom. The molecule has 3 aromatic rings. The summed E-state index contributed by atoms with van der Waals surface area (Å²) in [5.74, 6) is 0.587. The van der Waals surface area contributed by atoms with E-state index in [1.54, 1.807) is 16.2 Å². The van der Waals surface area contributed by atoms with Crippen LogP contribution in [0.15, 0.2) is 11.1 Å². The number of aromatic nitrogens is 4. The molecule has 1 atom stereocenters. The van der Waals surface area contributed by atoms with E-state index in [9.17, 15) is 9.59 Å². The molecule has 0 spiro atoms. The number of hydrogen-bond donors (Lipinski definition) is 0. The summed E-state index contributed by atoms with van der Waals surface area (Å²) in [5.41, 5.74) is 1.60. The van der Waals surface area contributed by atoms with E-state index in [-0.39, 0.29) is 18.1 Å². The number of rotatable bonds is 4. The molecule has 7 nitrogen and oxygen atoms in total. The van der Waals surface area contributed by atoms with Crippen LogP contribution in [-0.4, -0.2) is 43.1 Å². The Balaban J connectivity index is 1.83. The third-order valence-electron chi connectivity index (χ3n) is 5.28. The summed E-state index contributed by atoms with van der Waals surface area (Å²) in [6, 6.07) is 0. The zero-order valence-corrected chi connectivity index (χ0v) is 16.2. The van der Waals surface area contributed by atoms with Gasteiger partial charge in [-0.1, -0.05) is 6.92 Å². The van der Waals surface area contributed by atoms with Gasteiger partial charge < -0.3 is 4.90 Å². The number of fused-ring (bicyclic) bond motifs is 5. The third kappa shape index (κ3) is 2.63. The first kappa shape index (κ1) is 17.2. The molecule has 3 aromatic heterocycles. The van der Waals surface area contributed by atoms with Gasteiger partial charge in [0.1, 0.15) is 17.7 Å². The fraction of sp³-hybridized carbons (Fsp3) is 0.556. The Hall–Kier alpha value is -2.22. The van der Waals surface area contributed by atoms with Gasteiger partial charge in [0.15, 0.2) is 5.65 Å². The minimum atomic E-state index is -0.306. The van der Waals surface area contributed by atoms with E-state index >= 15 is 0 Å². The number of thiophene rings is 1. The number of hydrogen-bond acceptors (Lipinski definition) is 5. The zero-order chi connectivity index (χ0) is 18.4. The predicted octanol–water partition coefficient (Wildman–Crippen LogP) is 2.10. The monoisotopic (exact) mass is 373 g/mol. The molecule has 26 heavy (non-hydrogen) atoms. The average Bonchev–Trinajstić information content (AvgIpc) is 3.13. The molecule has 0 N–H and O–H groups in total. The molecule has 1 unspecified atom stereocenters. The number of nitrogens with zero attached hydrogens (tertiary/aromatic N) is 5. The van der Waals surface area contributed by atoms with Crippen LogP contribution in [0.5, 0.6) is 0 Å². The highest BCUT2D eigenvalue weighted by Gasteiger charge is 2.24. The molecule has 1 aliphatic carbocycles. The molecule has 0 bridgehead atoms. The summed E-state index contributed by atoms with van der Waals surface area (Å²) in [6.45, 7) is 7.35. The molecule has 3 heterocycles. The van der Waals surface area contributed by atoms with Gasteiger partial charge in [-0.15, -0.1) is 16.4 Å². The molecular formula is C18H23N5O2S. The Morgan fingerprint density at radius 3 is 2.88 bits per heavy atom. The zero-order valence-electron chi connectivity index (χ0n) is 15.4. The molecule has 0 aromatic carbocycles. The van der Waals surface area contributed by atoms with E-state index in [2.05, 4.69) is 17.0 Å². The van der Waals surface area contributed by atoms with Crippen LogP contribution >= 0.6 is 11.3 Å². The Morgan fingerprint density at radius 1 is 1.38 bits per heavy atom. The molecule has 0 aliphatic heterocycles. The first-order valence-electron chi connectivity index (χ1n) is 9.19. The summed E-state index contributed by atoms with van der Waals surface area (Å²) >= 11 is 1.71. The lowest BCUT2D eigenvalue weighted by Gasteiger charge is -2.17. The van der Waals surface area contributed by atoms with Crippen molar-refractivity contribution in [2.75, 3.05) is 13.1 Å². The molecule has 4 rings (SSSR count). The first-order chi connectivity index (χ1) is 12.5. The van der Waals surface area contributed by atoms with E-state index in [0.717, 1.165) is 29.5 Å². The van der Waals surface area contributed by atoms with Gasteiger partial charge in [0, 0.05) is 18.0 Å². The smallest absolute Gasteiger partial charge is 0.342 e. The molecule has 0 fully saturated rings. The van der Waals surface area contributed by atoms with Crippen molar-refractivity contribution in [2.24, 2.45) is 5.92 Å². The minimum absolute atomic E-state index is 0.0347. The van der Waals surface area contributed by atoms with Crippen molar-refractivity contribution in [2.45, 2.75) is 46.6 Å². The molecule has 138 valence electrons. The highest BCUT2D eigenvalue weighted by molar-refractivity contribution is 7.19. The van der Waals surface area contributed by atoms with Gasteiger partial charge in [0.25, 0.3) is 0 Å². The summed E-state index contributed by atoms with van der Waals surface area (Å²) < 4.78 is 2.75. The second-order valence-corrected chi connectivity index (χ2v) is 8.06. The Bertz CT molecular complexity index is 1040. The Labute approximate surface area is 155 Å². The van der Waals surface area contributed by atoms with Gasteiger partial charge in [0.05, 0.1) is 5.39 Å². The number of carbonyl (C=O) groups is 1. The second kappa shape index (κ2) is 6.50. The third-order valence-corrected chi connectivity index (χ3v) is 6.44. The lowest BCUT2D eigenvalue weighted by atomic mass is 9.89. The van der Waals surface area contributed by atoms with Gasteiger partial charge in [-0.05, 0) is 44.6 Å². The summed E-state index contributed by atoms with van der Waals surface area (Å²) in [5, 5.41) is 5.51. The van der Waals surface area contributed by atoms with Crippen molar-refractivity contribution in [1.82, 2.24) is 24.1 Å². The molecule has 1 amide bonds. The molecule has 0 radical (unpaired) electrons. The highest BCUT2D eigenvalue weighted by Crippen LogP contribution is 2.38. The van der Waals surface area contributed by atoms with Crippen LogP contribution in [0.4, 0.5) is 0 Å². The molecular weight excluding hydrogens is 350 g/mol. The summed E-state index contributed by atoms with van der Waals surface area (Å²) in [7, 11) is 0. The normalized spacial score (nSPS) is 17.0. The molecule has 0 saturated heterocycles. The number of aryl methyl sites for hydroxylation is 1. The summed E-state index contributed by atoms with van der Waals surface area (Å²) in [4.78, 5) is 33.6. The van der Waals surface area contributed by atoms with E-state index < -0.39 is 0 Å². The predicted molar refractivity (Wildman–Crippen MR) is 102 cm³/mol. The van der Waals surface area contributed by atoms with Crippen LogP contribution in [-0.2, 0) is 24.2 Å². The number of likely N-dealkylation sites (N-methyl/N-ethyl adjacent to an activating group) is 1. The van der Waals surface area contributed by atoms with Crippen LogP contribution in [0.1, 0.15) is 37.6 Å². The van der Waals surface area contributed by atoms with Crippen LogP contribution in [0, 0.1) is 5.92 Å². The van der Waals surface area contributed by atoms with E-state index in [1.165, 1.54) is 25.9 Å². The fourth-order valence-corrected chi connectivity index (χ4v) is 5.12. The standard InChI is InChI=1S/C18H23N5O2S/c1-4-21(5-2)14(24)9-23-18(25)22-10-19-17-15(16(22)20-23)12-7-6-11(3)8-13(12)26-17/h10-11H,4-9H2,1-3H3. The van der Waals surface area contributed by atoms with Gasteiger partial charge in [-0.25, -0.2) is 18.9 Å². The van der Waals surface area contributed by atoms with Gasteiger partial charge >= 0.3 is 5.69 Å². The van der Waals surface area contributed by atoms with Crippen LogP contribution in [0.2, 0.25) is 0 Å². The van der Waals surface area contributed by atoms with Crippen molar-refractivity contribution in [3.63, 3.8) is 0 Å². The van der Waals surface area contributed by atoms with Crippen molar-refractivity contribution in [1.29, 1.82) is 0 Å². The van der Waals surface area contributed by atoms with Crippen LogP contribution in [0.25, 0.3) is 15.9 Å². The topological polar surface area (TPSA) is 72.5 Å². The number of amides is 1. The highest BCUT2D eigenvalue weighted by atomic mass is 32.1. The molecule has 0 saturated carbocycles. The lowest BCUT2D eigenvalue weighted by Crippen LogP contribution is -2.36. The first-order valence-corrected chi connectivity index (χ1v) is 10.0. The van der Waals surface area contributed by atoms with Gasteiger partial charge in [-0.3, -0.25) is 4.79 Å². The summed E-state index contributed by atoms with van der Waals surface area (Å²) in [6.07, 6.45) is 4.74. The van der Waals surface area contributed by atoms with Crippen molar-refractivity contribution in [3.05, 3.63) is 27.3 Å². The molecule has 8 heteroatoms. The van der Waals surface area contributed by atoms with Gasteiger partial charge in [0.2, 0.25) is 5.91 Å². The van der Waals surface area contributed by atoms with E-state index in [1.807, 2.05) is 13.8 Å². The van der Waals surface area contributed by atoms with Crippen molar-refractivity contribution in [3.8, 4) is 0 Å². The lowest BCUT2D eigenvalue weighted by molar-refractivity contribution is -0.131. The van der Waals surface area contributed by atoms with Crippen molar-refractivity contribution >= 4 is 33.1 Å². The van der Waals surface area contributed by atoms with Crippen molar-refractivity contribution < 1.29 is 4.79 Å². The second-order valence-electron chi connectivity index (χ2n) is 6.98. The van der Waals surface area contributed by atoms with E-state index in [4.69, 9.17) is 0 Å². The minimum Gasteiger partial charge on any atom is -0.342 e. The maximum atomic E-state index is 12.7. The maximum absolute atomic E-state index is 12.7. The van der Waals surface area contributed by atoms with Gasteiger partial charge in [-0.2, -0.15) is 0 Å². The fourth-order valence-electron chi connectivity index (χ4n) is 3.77. The largest absolute Gasteiger partial charge is 0.352 e. The SMILES string of the molecule is CCN(CC)C(=O)Cn1nc2c3c4c(sc3ncn2c1=O)CC(C)CC4. The average molecular weight is 373 g/mol. The Kier molecular flexibility index (Phi) is 4.30. The van der Waals surface area contributed by atoms with Crippen LogP contribution < -0.4 is 5.69 Å². The van der Waals surface area contributed by atoms with E-state index in [0.29, 0.717) is 24.7 Å². The number of carbonyl (C=O) groups excluding carboxylic acids is 1.